The third-order valence-electron chi connectivity index (χ3n) is 2.78. The molecule has 4 nitrogen and oxygen atoms in total. The Morgan fingerprint density at radius 1 is 1.22 bits per heavy atom. The van der Waals surface area contributed by atoms with Gasteiger partial charge in [0.15, 0.2) is 0 Å². The molecule has 0 saturated heterocycles. The van der Waals surface area contributed by atoms with E-state index in [0.717, 1.165) is 5.52 Å². The van der Waals surface area contributed by atoms with E-state index in [1.165, 1.54) is 17.3 Å². The molecule has 1 aromatic carbocycles. The fourth-order valence-electron chi connectivity index (χ4n) is 1.96. The van der Waals surface area contributed by atoms with Gasteiger partial charge in [-0.3, -0.25) is 10.1 Å². The largest absolute Gasteiger partial charge is 0.277 e. The van der Waals surface area contributed by atoms with E-state index in [1.54, 1.807) is 6.07 Å². The number of aromatic nitrogens is 3. The molecule has 90 valence electrons. The summed E-state index contributed by atoms with van der Waals surface area (Å²) in [5, 5.41) is 1.63. The summed E-state index contributed by atoms with van der Waals surface area (Å²) in [6, 6.07) is 9.87. The molecular weight excluding hydrogens is 248 g/mol. The fraction of sp³-hybridized carbons (Fsp3) is 0.0769. The van der Waals surface area contributed by atoms with Crippen molar-refractivity contribution in [3.63, 3.8) is 0 Å². The normalized spacial score (nSPS) is 10.8. The average Bonchev–Trinajstić information content (AvgIpc) is 2.67. The number of nitrogens with zero attached hydrogens (tertiary/aromatic N) is 3. The van der Waals surface area contributed by atoms with Crippen LogP contribution in [0.5, 0.6) is 0 Å². The van der Waals surface area contributed by atoms with Gasteiger partial charge in [-0.2, -0.15) is 0 Å². The molecule has 3 rings (SSSR count). The summed E-state index contributed by atoms with van der Waals surface area (Å²) in [5.74, 6) is 0.663. The molecule has 0 bridgehead atoms. The standard InChI is InChI=1S/C13H11ClN4/c1-9-7-18(11-5-3-2-4-10(9)11)17-13-6-12(14)15-8-16-13/h2-8H,1H3,(H,15,16,17). The Bertz CT molecular complexity index is 705. The van der Waals surface area contributed by atoms with Crippen LogP contribution in [0.4, 0.5) is 5.82 Å². The van der Waals surface area contributed by atoms with Crippen molar-refractivity contribution in [1.29, 1.82) is 0 Å². The van der Waals surface area contributed by atoms with Crippen LogP contribution in [0.15, 0.2) is 42.9 Å². The highest BCUT2D eigenvalue weighted by atomic mass is 35.5. The summed E-state index contributed by atoms with van der Waals surface area (Å²) in [7, 11) is 0. The van der Waals surface area contributed by atoms with E-state index in [9.17, 15) is 0 Å². The van der Waals surface area contributed by atoms with Crippen molar-refractivity contribution in [2.45, 2.75) is 6.92 Å². The minimum atomic E-state index is 0.417. The van der Waals surface area contributed by atoms with Gasteiger partial charge in [-0.1, -0.05) is 29.8 Å². The molecule has 0 fully saturated rings. The van der Waals surface area contributed by atoms with Crippen LogP contribution in [0.25, 0.3) is 10.9 Å². The molecule has 1 N–H and O–H groups in total. The quantitative estimate of drug-likeness (QED) is 0.718. The first-order valence-electron chi connectivity index (χ1n) is 5.55. The SMILES string of the molecule is Cc1cn(Nc2cc(Cl)ncn2)c2ccccc12. The Kier molecular flexibility index (Phi) is 2.64. The van der Waals surface area contributed by atoms with Gasteiger partial charge in [0.1, 0.15) is 17.3 Å². The van der Waals surface area contributed by atoms with E-state index in [2.05, 4.69) is 34.5 Å². The number of hydrogen-bond donors (Lipinski definition) is 1. The van der Waals surface area contributed by atoms with E-state index in [1.807, 2.05) is 23.0 Å². The first kappa shape index (κ1) is 11.0. The van der Waals surface area contributed by atoms with Crippen LogP contribution in [-0.2, 0) is 0 Å². The molecule has 2 heterocycles. The number of fused-ring (bicyclic) bond motifs is 1. The second-order valence-corrected chi connectivity index (χ2v) is 4.42. The van der Waals surface area contributed by atoms with E-state index >= 15 is 0 Å². The molecule has 0 aliphatic rings. The Balaban J connectivity index is 2.05. The van der Waals surface area contributed by atoms with Crippen molar-refractivity contribution >= 4 is 28.3 Å². The van der Waals surface area contributed by atoms with Crippen LogP contribution in [0.3, 0.4) is 0 Å². The number of aryl methyl sites for hydroxylation is 1. The van der Waals surface area contributed by atoms with Crippen LogP contribution in [0.2, 0.25) is 5.15 Å². The monoisotopic (exact) mass is 258 g/mol. The second-order valence-electron chi connectivity index (χ2n) is 4.04. The number of nitrogens with one attached hydrogen (secondary N) is 1. The summed E-state index contributed by atoms with van der Waals surface area (Å²) >= 11 is 5.83. The average molecular weight is 259 g/mol. The molecule has 0 spiro atoms. The molecule has 5 heteroatoms. The Morgan fingerprint density at radius 3 is 2.89 bits per heavy atom. The predicted molar refractivity (Wildman–Crippen MR) is 72.7 cm³/mol. The van der Waals surface area contributed by atoms with E-state index in [-0.39, 0.29) is 0 Å². The Labute approximate surface area is 109 Å². The summed E-state index contributed by atoms with van der Waals surface area (Å²) < 4.78 is 1.93. The van der Waals surface area contributed by atoms with Crippen LogP contribution < -0.4 is 5.43 Å². The maximum atomic E-state index is 5.83. The lowest BCUT2D eigenvalue weighted by Crippen LogP contribution is -2.08. The summed E-state index contributed by atoms with van der Waals surface area (Å²) in [6.45, 7) is 2.08. The summed E-state index contributed by atoms with van der Waals surface area (Å²) in [6.07, 6.45) is 3.46. The van der Waals surface area contributed by atoms with Gasteiger partial charge in [0.25, 0.3) is 0 Å². The van der Waals surface area contributed by atoms with Crippen molar-refractivity contribution < 1.29 is 0 Å². The molecule has 3 aromatic rings. The van der Waals surface area contributed by atoms with E-state index < -0.39 is 0 Å². The highest BCUT2D eigenvalue weighted by molar-refractivity contribution is 6.29. The van der Waals surface area contributed by atoms with Gasteiger partial charge in [-0.25, -0.2) is 9.97 Å². The molecule has 0 radical (unpaired) electrons. The molecule has 0 unspecified atom stereocenters. The van der Waals surface area contributed by atoms with Crippen LogP contribution >= 0.6 is 11.6 Å². The number of benzene rings is 1. The molecular formula is C13H11ClN4. The highest BCUT2D eigenvalue weighted by Crippen LogP contribution is 2.20. The topological polar surface area (TPSA) is 42.7 Å². The van der Waals surface area contributed by atoms with Gasteiger partial charge in [0.2, 0.25) is 0 Å². The number of halogens is 1. The number of rotatable bonds is 2. The van der Waals surface area contributed by atoms with Crippen LogP contribution in [0, 0.1) is 6.92 Å². The molecule has 0 saturated carbocycles. The van der Waals surface area contributed by atoms with E-state index in [4.69, 9.17) is 11.6 Å². The molecule has 0 aliphatic carbocycles. The lowest BCUT2D eigenvalue weighted by atomic mass is 10.2. The zero-order chi connectivity index (χ0) is 12.5. The van der Waals surface area contributed by atoms with Crippen molar-refractivity contribution in [2.75, 3.05) is 5.43 Å². The third kappa shape index (κ3) is 1.91. The maximum Gasteiger partial charge on any atom is 0.149 e. The van der Waals surface area contributed by atoms with Crippen molar-refractivity contribution in [3.8, 4) is 0 Å². The molecule has 2 aromatic heterocycles. The molecule has 0 aliphatic heterocycles. The number of para-hydroxylation sites is 1. The van der Waals surface area contributed by atoms with Crippen molar-refractivity contribution in [1.82, 2.24) is 14.6 Å². The molecule has 0 atom stereocenters. The Morgan fingerprint density at radius 2 is 2.06 bits per heavy atom. The first-order valence-corrected chi connectivity index (χ1v) is 5.93. The van der Waals surface area contributed by atoms with Gasteiger partial charge in [0.05, 0.1) is 5.52 Å². The lowest BCUT2D eigenvalue weighted by Gasteiger charge is -2.07. The Hall–Kier alpha value is -2.07. The van der Waals surface area contributed by atoms with Gasteiger partial charge >= 0.3 is 0 Å². The fourth-order valence-corrected chi connectivity index (χ4v) is 2.11. The highest BCUT2D eigenvalue weighted by Gasteiger charge is 2.05. The number of hydrogen-bond acceptors (Lipinski definition) is 3. The lowest BCUT2D eigenvalue weighted by molar-refractivity contribution is 0.976. The van der Waals surface area contributed by atoms with Crippen molar-refractivity contribution in [3.05, 3.63) is 53.6 Å². The minimum absolute atomic E-state index is 0.417. The summed E-state index contributed by atoms with van der Waals surface area (Å²) in [5.41, 5.74) is 5.50. The van der Waals surface area contributed by atoms with Gasteiger partial charge in [-0.05, 0) is 18.6 Å². The summed E-state index contributed by atoms with van der Waals surface area (Å²) in [4.78, 5) is 7.98. The third-order valence-corrected chi connectivity index (χ3v) is 2.99. The van der Waals surface area contributed by atoms with Crippen LogP contribution in [0.1, 0.15) is 5.56 Å². The van der Waals surface area contributed by atoms with Gasteiger partial charge in [-0.15, -0.1) is 0 Å². The van der Waals surface area contributed by atoms with E-state index in [0.29, 0.717) is 11.0 Å². The minimum Gasteiger partial charge on any atom is -0.277 e. The maximum absolute atomic E-state index is 5.83. The van der Waals surface area contributed by atoms with Crippen LogP contribution in [-0.4, -0.2) is 14.6 Å². The zero-order valence-corrected chi connectivity index (χ0v) is 10.5. The van der Waals surface area contributed by atoms with Gasteiger partial charge < -0.3 is 0 Å². The first-order chi connectivity index (χ1) is 8.74. The zero-order valence-electron chi connectivity index (χ0n) is 9.76. The second kappa shape index (κ2) is 4.31. The predicted octanol–water partition coefficient (Wildman–Crippen LogP) is 3.27. The molecule has 0 amide bonds. The molecule has 18 heavy (non-hydrogen) atoms. The number of anilines is 1. The van der Waals surface area contributed by atoms with Crippen molar-refractivity contribution in [2.24, 2.45) is 0 Å². The smallest absolute Gasteiger partial charge is 0.149 e. The van der Waals surface area contributed by atoms with Gasteiger partial charge in [0, 0.05) is 17.6 Å².